The van der Waals surface area contributed by atoms with Gasteiger partial charge >= 0.3 is 25.0 Å². The van der Waals surface area contributed by atoms with Crippen LogP contribution in [0.2, 0.25) is 0 Å². The first-order valence-electron chi connectivity index (χ1n) is 3.56. The smallest absolute Gasteiger partial charge is 0.850 e. The normalized spacial score (nSPS) is 12.5. The molecule has 0 saturated heterocycles. The zero-order valence-corrected chi connectivity index (χ0v) is 8.07. The summed E-state index contributed by atoms with van der Waals surface area (Å²) in [5.74, 6) is 0. The first-order valence-corrected chi connectivity index (χ1v) is 3.56. The van der Waals surface area contributed by atoms with E-state index in [4.69, 9.17) is 0 Å². The molecular formula is C7H12F3LiO2. The second-order valence-electron chi connectivity index (χ2n) is 3.18. The maximum absolute atomic E-state index is 11.5. The van der Waals surface area contributed by atoms with E-state index >= 15 is 0 Å². The summed E-state index contributed by atoms with van der Waals surface area (Å²) in [4.78, 5) is 0. The van der Waals surface area contributed by atoms with Crippen molar-refractivity contribution in [1.29, 1.82) is 0 Å². The zero-order valence-electron chi connectivity index (χ0n) is 8.07. The Kier molecular flexibility index (Phi) is 7.18. The fraction of sp³-hybridized carbons (Fsp3) is 1.00. The number of ether oxygens (including phenoxy) is 1. The SMILES string of the molecule is CC(C)([O-])CCOCC(F)(F)F.[Li+]. The van der Waals surface area contributed by atoms with Gasteiger partial charge in [0.1, 0.15) is 6.61 Å². The van der Waals surface area contributed by atoms with Gasteiger partial charge in [0, 0.05) is 6.61 Å². The van der Waals surface area contributed by atoms with E-state index in [0.29, 0.717) is 0 Å². The average molecular weight is 192 g/mol. The van der Waals surface area contributed by atoms with Crippen LogP contribution < -0.4 is 24.0 Å². The molecule has 0 radical (unpaired) electrons. The minimum Gasteiger partial charge on any atom is -0.850 e. The molecule has 6 heteroatoms. The van der Waals surface area contributed by atoms with Crippen LogP contribution in [0, 0.1) is 0 Å². The van der Waals surface area contributed by atoms with Gasteiger partial charge in [-0.25, -0.2) is 0 Å². The van der Waals surface area contributed by atoms with Gasteiger partial charge < -0.3 is 9.84 Å². The molecule has 0 aromatic heterocycles. The van der Waals surface area contributed by atoms with Gasteiger partial charge in [0.15, 0.2) is 0 Å². The van der Waals surface area contributed by atoms with Crippen LogP contribution in [0.1, 0.15) is 20.3 Å². The Labute approximate surface area is 87.6 Å². The van der Waals surface area contributed by atoms with Gasteiger partial charge in [-0.3, -0.25) is 0 Å². The molecule has 0 amide bonds. The van der Waals surface area contributed by atoms with Gasteiger partial charge in [-0.2, -0.15) is 13.2 Å². The summed E-state index contributed by atoms with van der Waals surface area (Å²) in [5.41, 5.74) is -1.22. The predicted molar refractivity (Wildman–Crippen MR) is 35.6 cm³/mol. The predicted octanol–water partition coefficient (Wildman–Crippen LogP) is -1.90. The molecule has 2 nitrogen and oxygen atoms in total. The van der Waals surface area contributed by atoms with Crippen molar-refractivity contribution >= 4 is 0 Å². The molecule has 13 heavy (non-hydrogen) atoms. The third-order valence-electron chi connectivity index (χ3n) is 1.11. The number of halogens is 3. The Morgan fingerprint density at radius 1 is 1.23 bits per heavy atom. The van der Waals surface area contributed by atoms with Crippen LogP contribution in [-0.4, -0.2) is 25.0 Å². The minimum absolute atomic E-state index is 0. The van der Waals surface area contributed by atoms with Crippen molar-refractivity contribution < 1.29 is 41.9 Å². The first-order chi connectivity index (χ1) is 5.21. The Hall–Kier alpha value is 0.307. The molecule has 0 aliphatic carbocycles. The molecular weight excluding hydrogens is 180 g/mol. The summed E-state index contributed by atoms with van der Waals surface area (Å²) in [5, 5.41) is 10.9. The Morgan fingerprint density at radius 3 is 2.00 bits per heavy atom. The fourth-order valence-electron chi connectivity index (χ4n) is 0.506. The minimum atomic E-state index is -4.30. The Bertz CT molecular complexity index is 115. The average Bonchev–Trinajstić information content (AvgIpc) is 1.76. The summed E-state index contributed by atoms with van der Waals surface area (Å²) in [6.07, 6.45) is -4.21. The molecule has 0 bridgehead atoms. The van der Waals surface area contributed by atoms with Crippen molar-refractivity contribution in [3.05, 3.63) is 0 Å². The summed E-state index contributed by atoms with van der Waals surface area (Å²) >= 11 is 0. The summed E-state index contributed by atoms with van der Waals surface area (Å²) in [6, 6.07) is 0. The number of rotatable bonds is 4. The van der Waals surface area contributed by atoms with Crippen LogP contribution in [0.3, 0.4) is 0 Å². The molecule has 0 atom stereocenters. The van der Waals surface area contributed by atoms with E-state index in [1.54, 1.807) is 0 Å². The van der Waals surface area contributed by atoms with E-state index in [1.165, 1.54) is 13.8 Å². The van der Waals surface area contributed by atoms with Gasteiger partial charge in [-0.1, -0.05) is 13.8 Å². The standard InChI is InChI=1S/C7H12F3O2.Li/c1-6(2,11)3-4-12-5-7(8,9)10;/h3-5H2,1-2H3;/q-1;+1. The van der Waals surface area contributed by atoms with Gasteiger partial charge in [-0.15, -0.1) is 5.60 Å². The molecule has 0 aromatic carbocycles. The molecule has 0 N–H and O–H groups in total. The van der Waals surface area contributed by atoms with Gasteiger partial charge in [0.05, 0.1) is 0 Å². The number of hydrogen-bond donors (Lipinski definition) is 0. The molecule has 0 unspecified atom stereocenters. The van der Waals surface area contributed by atoms with Crippen LogP contribution in [0.4, 0.5) is 13.2 Å². The van der Waals surface area contributed by atoms with Gasteiger partial charge in [0.2, 0.25) is 0 Å². The van der Waals surface area contributed by atoms with Crippen LogP contribution in [-0.2, 0) is 4.74 Å². The molecule has 0 aromatic rings. The summed E-state index contributed by atoms with van der Waals surface area (Å²) in [7, 11) is 0. The molecule has 0 aliphatic heterocycles. The van der Waals surface area contributed by atoms with E-state index < -0.39 is 18.4 Å². The second kappa shape index (κ2) is 5.92. The maximum atomic E-state index is 11.5. The fourth-order valence-corrected chi connectivity index (χ4v) is 0.506. The zero-order chi connectivity index (χ0) is 9.83. The Morgan fingerprint density at radius 2 is 1.69 bits per heavy atom. The van der Waals surface area contributed by atoms with Crippen LogP contribution in [0.5, 0.6) is 0 Å². The van der Waals surface area contributed by atoms with Crippen LogP contribution in [0.25, 0.3) is 0 Å². The first kappa shape index (κ1) is 15.8. The topological polar surface area (TPSA) is 32.3 Å². The van der Waals surface area contributed by atoms with Crippen LogP contribution >= 0.6 is 0 Å². The van der Waals surface area contributed by atoms with Crippen LogP contribution in [0.15, 0.2) is 0 Å². The molecule has 0 saturated carbocycles. The molecule has 0 rings (SSSR count). The molecule has 0 aliphatic rings. The van der Waals surface area contributed by atoms with E-state index in [-0.39, 0.29) is 31.9 Å². The largest absolute Gasteiger partial charge is 1.00 e. The molecule has 0 fully saturated rings. The number of hydrogen-bond acceptors (Lipinski definition) is 2. The van der Waals surface area contributed by atoms with Crippen molar-refractivity contribution in [3.63, 3.8) is 0 Å². The van der Waals surface area contributed by atoms with E-state index in [1.807, 2.05) is 0 Å². The molecule has 0 heterocycles. The van der Waals surface area contributed by atoms with E-state index in [9.17, 15) is 18.3 Å². The molecule has 0 spiro atoms. The Balaban J connectivity index is 0. The van der Waals surface area contributed by atoms with Crippen molar-refractivity contribution in [2.45, 2.75) is 32.0 Å². The van der Waals surface area contributed by atoms with E-state index in [0.717, 1.165) is 0 Å². The van der Waals surface area contributed by atoms with Crippen molar-refractivity contribution in [2.75, 3.05) is 13.2 Å². The van der Waals surface area contributed by atoms with E-state index in [2.05, 4.69) is 4.74 Å². The second-order valence-corrected chi connectivity index (χ2v) is 3.18. The van der Waals surface area contributed by atoms with Gasteiger partial charge in [-0.05, 0) is 6.42 Å². The third kappa shape index (κ3) is 15.1. The molecule has 74 valence electrons. The summed E-state index contributed by atoms with van der Waals surface area (Å²) < 4.78 is 38.7. The van der Waals surface area contributed by atoms with Crippen molar-refractivity contribution in [3.8, 4) is 0 Å². The monoisotopic (exact) mass is 192 g/mol. The van der Waals surface area contributed by atoms with Crippen molar-refractivity contribution in [2.24, 2.45) is 0 Å². The van der Waals surface area contributed by atoms with Gasteiger partial charge in [0.25, 0.3) is 0 Å². The maximum Gasteiger partial charge on any atom is 1.00 e. The number of alkyl halides is 3. The third-order valence-corrected chi connectivity index (χ3v) is 1.11. The quantitative estimate of drug-likeness (QED) is 0.385. The summed E-state index contributed by atoms with van der Waals surface area (Å²) in [6.45, 7) is 1.40. The van der Waals surface area contributed by atoms with Crippen molar-refractivity contribution in [1.82, 2.24) is 0 Å².